The predicted octanol–water partition coefficient (Wildman–Crippen LogP) is 3.72. The van der Waals surface area contributed by atoms with Gasteiger partial charge in [0.15, 0.2) is 0 Å². The van der Waals surface area contributed by atoms with Gasteiger partial charge in [-0.3, -0.25) is 24.5 Å². The fourth-order valence-electron chi connectivity index (χ4n) is 4.74. The van der Waals surface area contributed by atoms with Crippen LogP contribution in [-0.4, -0.2) is 37.9 Å². The van der Waals surface area contributed by atoms with E-state index >= 15 is 0 Å². The number of nitrogens with two attached hydrogens (primary N) is 1. The summed E-state index contributed by atoms with van der Waals surface area (Å²) < 4.78 is 0. The Bertz CT molecular complexity index is 965. The van der Waals surface area contributed by atoms with Crippen LogP contribution in [0.4, 0.5) is 0 Å². The number of amides is 1. The van der Waals surface area contributed by atoms with Crippen molar-refractivity contribution in [1.29, 1.82) is 0 Å². The maximum atomic E-state index is 12.0. The molecule has 32 heavy (non-hydrogen) atoms. The summed E-state index contributed by atoms with van der Waals surface area (Å²) in [6, 6.07) is 6.32. The molecule has 3 rings (SSSR count). The van der Waals surface area contributed by atoms with E-state index < -0.39 is 17.3 Å². The fraction of sp³-hybridized carbons (Fsp3) is 0.520. The molecule has 1 saturated carbocycles. The number of carbonyl (C=O) groups is 2. The molecule has 0 spiro atoms. The van der Waals surface area contributed by atoms with Gasteiger partial charge in [0, 0.05) is 31.5 Å². The van der Waals surface area contributed by atoms with Crippen molar-refractivity contribution in [3.05, 3.63) is 58.7 Å². The standard InChI is InChI=1S/C25H34N4O3/c1-16(2)20-6-5-11-27-22(20)15-29(14-21-18(4)12-17(3)13-28-21)19-7-9-25(10-8-19,23(26)30)24(31)32/h5-6,11-13,16,19H,7-10,14-15H2,1-4H3,(H2,26,30)(H,31,32). The van der Waals surface area contributed by atoms with Gasteiger partial charge in [0.2, 0.25) is 5.91 Å². The molecule has 2 heterocycles. The van der Waals surface area contributed by atoms with Crippen LogP contribution in [0.5, 0.6) is 0 Å². The molecule has 0 saturated heterocycles. The summed E-state index contributed by atoms with van der Waals surface area (Å²) in [6.45, 7) is 9.70. The normalized spacial score (nSPS) is 21.1. The summed E-state index contributed by atoms with van der Waals surface area (Å²) in [5.74, 6) is -1.50. The predicted molar refractivity (Wildman–Crippen MR) is 123 cm³/mol. The van der Waals surface area contributed by atoms with Crippen molar-refractivity contribution in [3.63, 3.8) is 0 Å². The second kappa shape index (κ2) is 9.77. The monoisotopic (exact) mass is 438 g/mol. The van der Waals surface area contributed by atoms with Crippen LogP contribution in [0.3, 0.4) is 0 Å². The Morgan fingerprint density at radius 1 is 1.19 bits per heavy atom. The third kappa shape index (κ3) is 4.99. The Morgan fingerprint density at radius 3 is 2.41 bits per heavy atom. The maximum Gasteiger partial charge on any atom is 0.319 e. The number of aromatic nitrogens is 2. The highest BCUT2D eigenvalue weighted by Gasteiger charge is 2.48. The zero-order valence-electron chi connectivity index (χ0n) is 19.5. The first kappa shape index (κ1) is 23.9. The summed E-state index contributed by atoms with van der Waals surface area (Å²) in [6.07, 6.45) is 5.37. The molecule has 3 N–H and O–H groups in total. The summed E-state index contributed by atoms with van der Waals surface area (Å²) >= 11 is 0. The number of rotatable bonds is 8. The van der Waals surface area contributed by atoms with Gasteiger partial charge in [-0.1, -0.05) is 26.0 Å². The number of aryl methyl sites for hydroxylation is 2. The zero-order valence-corrected chi connectivity index (χ0v) is 19.5. The fourth-order valence-corrected chi connectivity index (χ4v) is 4.74. The van der Waals surface area contributed by atoms with Gasteiger partial charge in [-0.05, 0) is 68.2 Å². The lowest BCUT2D eigenvalue weighted by atomic mass is 9.71. The molecule has 7 heteroatoms. The Morgan fingerprint density at radius 2 is 1.84 bits per heavy atom. The van der Waals surface area contributed by atoms with Crippen LogP contribution in [-0.2, 0) is 22.7 Å². The van der Waals surface area contributed by atoms with Crippen LogP contribution in [0.25, 0.3) is 0 Å². The van der Waals surface area contributed by atoms with Crippen molar-refractivity contribution in [3.8, 4) is 0 Å². The summed E-state index contributed by atoms with van der Waals surface area (Å²) in [5.41, 5.74) is 9.53. The first-order chi connectivity index (χ1) is 15.1. The van der Waals surface area contributed by atoms with E-state index in [0.717, 1.165) is 22.5 Å². The van der Waals surface area contributed by atoms with E-state index in [1.807, 2.05) is 25.4 Å². The number of hydrogen-bond acceptors (Lipinski definition) is 5. The number of aliphatic carboxylic acids is 1. The summed E-state index contributed by atoms with van der Waals surface area (Å²) in [7, 11) is 0. The average Bonchev–Trinajstić information content (AvgIpc) is 2.75. The highest BCUT2D eigenvalue weighted by Crippen LogP contribution is 2.39. The molecular formula is C25H34N4O3. The first-order valence-electron chi connectivity index (χ1n) is 11.3. The minimum atomic E-state index is -1.46. The smallest absolute Gasteiger partial charge is 0.319 e. The number of carbonyl (C=O) groups excluding carboxylic acids is 1. The van der Waals surface area contributed by atoms with Crippen LogP contribution < -0.4 is 5.73 Å². The highest BCUT2D eigenvalue weighted by atomic mass is 16.4. The molecule has 0 radical (unpaired) electrons. The van der Waals surface area contributed by atoms with E-state index in [1.54, 1.807) is 0 Å². The molecule has 0 bridgehead atoms. The Hall–Kier alpha value is -2.80. The van der Waals surface area contributed by atoms with Crippen molar-refractivity contribution in [2.45, 2.75) is 78.4 Å². The van der Waals surface area contributed by atoms with Crippen molar-refractivity contribution in [1.82, 2.24) is 14.9 Å². The summed E-state index contributed by atoms with van der Waals surface area (Å²) in [4.78, 5) is 35.5. The van der Waals surface area contributed by atoms with E-state index in [9.17, 15) is 14.7 Å². The third-order valence-corrected chi connectivity index (χ3v) is 6.78. The zero-order chi connectivity index (χ0) is 23.5. The van der Waals surface area contributed by atoms with Gasteiger partial charge in [0.25, 0.3) is 0 Å². The van der Waals surface area contributed by atoms with Crippen LogP contribution in [0.15, 0.2) is 30.6 Å². The van der Waals surface area contributed by atoms with Gasteiger partial charge in [0.05, 0.1) is 11.4 Å². The van der Waals surface area contributed by atoms with E-state index in [4.69, 9.17) is 5.73 Å². The maximum absolute atomic E-state index is 12.0. The van der Waals surface area contributed by atoms with E-state index in [2.05, 4.69) is 47.8 Å². The molecule has 1 aliphatic carbocycles. The molecule has 0 atom stereocenters. The molecule has 2 aromatic rings. The van der Waals surface area contributed by atoms with Gasteiger partial charge in [-0.25, -0.2) is 0 Å². The van der Waals surface area contributed by atoms with Gasteiger partial charge in [-0.2, -0.15) is 0 Å². The van der Waals surface area contributed by atoms with Crippen molar-refractivity contribution < 1.29 is 14.7 Å². The molecule has 0 aromatic carbocycles. The highest BCUT2D eigenvalue weighted by molar-refractivity contribution is 6.01. The lowest BCUT2D eigenvalue weighted by Crippen LogP contribution is -2.49. The Kier molecular flexibility index (Phi) is 7.29. The largest absolute Gasteiger partial charge is 0.480 e. The van der Waals surface area contributed by atoms with E-state index in [0.29, 0.717) is 31.8 Å². The molecular weight excluding hydrogens is 404 g/mol. The molecule has 7 nitrogen and oxygen atoms in total. The van der Waals surface area contributed by atoms with E-state index in [-0.39, 0.29) is 18.9 Å². The first-order valence-corrected chi connectivity index (χ1v) is 11.3. The molecule has 172 valence electrons. The minimum Gasteiger partial charge on any atom is -0.480 e. The van der Waals surface area contributed by atoms with Gasteiger partial charge < -0.3 is 10.8 Å². The van der Waals surface area contributed by atoms with Crippen LogP contribution in [0.1, 0.15) is 73.5 Å². The number of pyridine rings is 2. The van der Waals surface area contributed by atoms with Crippen LogP contribution in [0.2, 0.25) is 0 Å². The lowest BCUT2D eigenvalue weighted by Gasteiger charge is -2.40. The number of nitrogens with zero attached hydrogens (tertiary/aromatic N) is 3. The molecule has 2 aromatic heterocycles. The summed E-state index contributed by atoms with van der Waals surface area (Å²) in [5, 5.41) is 9.68. The lowest BCUT2D eigenvalue weighted by molar-refractivity contribution is -0.158. The molecule has 0 unspecified atom stereocenters. The minimum absolute atomic E-state index is 0.117. The van der Waals surface area contributed by atoms with Crippen molar-refractivity contribution in [2.24, 2.45) is 11.1 Å². The molecule has 1 aliphatic rings. The van der Waals surface area contributed by atoms with Crippen LogP contribution in [0, 0.1) is 19.3 Å². The Balaban J connectivity index is 1.89. The number of carboxylic acids is 1. The number of carboxylic acid groups (broad SMARTS) is 1. The molecule has 1 fully saturated rings. The average molecular weight is 439 g/mol. The second-order valence-corrected chi connectivity index (χ2v) is 9.36. The van der Waals surface area contributed by atoms with Gasteiger partial charge >= 0.3 is 5.97 Å². The molecule has 1 amide bonds. The van der Waals surface area contributed by atoms with Crippen LogP contribution >= 0.6 is 0 Å². The van der Waals surface area contributed by atoms with Gasteiger partial charge in [0.1, 0.15) is 5.41 Å². The Labute approximate surface area is 190 Å². The molecule has 0 aliphatic heterocycles. The topological polar surface area (TPSA) is 109 Å². The second-order valence-electron chi connectivity index (χ2n) is 9.36. The quantitative estimate of drug-likeness (QED) is 0.608. The van der Waals surface area contributed by atoms with Crippen molar-refractivity contribution >= 4 is 11.9 Å². The van der Waals surface area contributed by atoms with E-state index in [1.165, 1.54) is 5.56 Å². The third-order valence-electron chi connectivity index (χ3n) is 6.78. The van der Waals surface area contributed by atoms with Crippen molar-refractivity contribution in [2.75, 3.05) is 0 Å². The SMILES string of the molecule is Cc1cnc(CN(Cc2ncccc2C(C)C)C2CCC(C(N)=O)(C(=O)O)CC2)c(C)c1. The number of hydrogen-bond donors (Lipinski definition) is 2. The number of primary amides is 1. The van der Waals surface area contributed by atoms with Gasteiger partial charge in [-0.15, -0.1) is 0 Å².